The van der Waals surface area contributed by atoms with E-state index in [9.17, 15) is 9.18 Å². The fourth-order valence-electron chi connectivity index (χ4n) is 1.20. The lowest BCUT2D eigenvalue weighted by Gasteiger charge is -2.07. The van der Waals surface area contributed by atoms with Gasteiger partial charge in [-0.15, -0.1) is 0 Å². The van der Waals surface area contributed by atoms with Crippen molar-refractivity contribution in [3.63, 3.8) is 0 Å². The van der Waals surface area contributed by atoms with Crippen LogP contribution in [0.4, 0.5) is 4.39 Å². The minimum atomic E-state index is -0.473. The lowest BCUT2D eigenvalue weighted by Crippen LogP contribution is -2.30. The number of hydrogen-bond acceptors (Lipinski definition) is 3. The number of amides is 1. The molecule has 0 atom stereocenters. The number of ether oxygens (including phenoxy) is 2. The molecule has 0 fully saturated rings. The van der Waals surface area contributed by atoms with E-state index >= 15 is 0 Å². The second-order valence-corrected chi connectivity index (χ2v) is 3.42. The van der Waals surface area contributed by atoms with Crippen LogP contribution in [0.15, 0.2) is 24.3 Å². The van der Waals surface area contributed by atoms with Gasteiger partial charge in [0.15, 0.2) is 18.2 Å². The van der Waals surface area contributed by atoms with Crippen molar-refractivity contribution < 1.29 is 18.7 Å². The Kier molecular flexibility index (Phi) is 6.03. The SMILES string of the molecule is COCCCNC(=O)COc1ccccc1F. The summed E-state index contributed by atoms with van der Waals surface area (Å²) in [4.78, 5) is 11.3. The molecule has 0 heterocycles. The molecule has 0 unspecified atom stereocenters. The van der Waals surface area contributed by atoms with Gasteiger partial charge in [-0.1, -0.05) is 12.1 Å². The van der Waals surface area contributed by atoms with Gasteiger partial charge in [0, 0.05) is 20.3 Å². The number of hydrogen-bond donors (Lipinski definition) is 1. The third-order valence-electron chi connectivity index (χ3n) is 2.04. The van der Waals surface area contributed by atoms with Gasteiger partial charge in [-0.25, -0.2) is 4.39 Å². The van der Waals surface area contributed by atoms with E-state index in [4.69, 9.17) is 9.47 Å². The zero-order valence-corrected chi connectivity index (χ0v) is 9.74. The number of para-hydroxylation sites is 1. The first-order valence-electron chi connectivity index (χ1n) is 5.37. The van der Waals surface area contributed by atoms with Crippen molar-refractivity contribution in [1.82, 2.24) is 5.32 Å². The molecule has 0 saturated carbocycles. The fourth-order valence-corrected chi connectivity index (χ4v) is 1.20. The maximum absolute atomic E-state index is 13.1. The average Bonchev–Trinajstić information content (AvgIpc) is 2.34. The van der Waals surface area contributed by atoms with Crippen LogP contribution in [0.5, 0.6) is 5.75 Å². The summed E-state index contributed by atoms with van der Waals surface area (Å²) in [5, 5.41) is 2.64. The molecule has 1 amide bonds. The number of carbonyl (C=O) groups is 1. The third kappa shape index (κ3) is 5.31. The van der Waals surface area contributed by atoms with Gasteiger partial charge >= 0.3 is 0 Å². The van der Waals surface area contributed by atoms with Gasteiger partial charge < -0.3 is 14.8 Å². The average molecular weight is 241 g/mol. The second-order valence-electron chi connectivity index (χ2n) is 3.42. The quantitative estimate of drug-likeness (QED) is 0.733. The van der Waals surface area contributed by atoms with E-state index in [1.807, 2.05) is 0 Å². The molecule has 17 heavy (non-hydrogen) atoms. The molecule has 1 rings (SSSR count). The van der Waals surface area contributed by atoms with E-state index in [-0.39, 0.29) is 18.3 Å². The normalized spacial score (nSPS) is 10.0. The maximum atomic E-state index is 13.1. The Morgan fingerprint density at radius 1 is 1.41 bits per heavy atom. The Bertz CT molecular complexity index is 357. The Morgan fingerprint density at radius 3 is 2.88 bits per heavy atom. The van der Waals surface area contributed by atoms with Crippen LogP contribution in [0.25, 0.3) is 0 Å². The lowest BCUT2D eigenvalue weighted by molar-refractivity contribution is -0.123. The van der Waals surface area contributed by atoms with Crippen LogP contribution in [0, 0.1) is 5.82 Å². The van der Waals surface area contributed by atoms with Crippen LogP contribution in [-0.4, -0.2) is 32.8 Å². The Balaban J connectivity index is 2.22. The summed E-state index contributed by atoms with van der Waals surface area (Å²) in [7, 11) is 1.60. The number of methoxy groups -OCH3 is 1. The van der Waals surface area contributed by atoms with Gasteiger partial charge in [0.05, 0.1) is 0 Å². The highest BCUT2D eigenvalue weighted by Crippen LogP contribution is 2.14. The summed E-state index contributed by atoms with van der Waals surface area (Å²) in [6.07, 6.45) is 0.738. The molecule has 5 heteroatoms. The fraction of sp³-hybridized carbons (Fsp3) is 0.417. The molecule has 94 valence electrons. The monoisotopic (exact) mass is 241 g/mol. The topological polar surface area (TPSA) is 47.6 Å². The van der Waals surface area contributed by atoms with Crippen LogP contribution < -0.4 is 10.1 Å². The standard InChI is InChI=1S/C12H16FNO3/c1-16-8-4-7-14-12(15)9-17-11-6-3-2-5-10(11)13/h2-3,5-6H,4,7-9H2,1H3,(H,14,15). The smallest absolute Gasteiger partial charge is 0.257 e. The molecule has 0 aromatic heterocycles. The first-order chi connectivity index (χ1) is 8.24. The van der Waals surface area contributed by atoms with Gasteiger partial charge in [-0.05, 0) is 18.6 Å². The number of halogens is 1. The van der Waals surface area contributed by atoms with Crippen LogP contribution in [0.3, 0.4) is 0 Å². The van der Waals surface area contributed by atoms with E-state index in [1.165, 1.54) is 12.1 Å². The summed E-state index contributed by atoms with van der Waals surface area (Å²) in [5.41, 5.74) is 0. The van der Waals surface area contributed by atoms with Crippen molar-refractivity contribution in [2.24, 2.45) is 0 Å². The van der Waals surface area contributed by atoms with Gasteiger partial charge in [-0.2, -0.15) is 0 Å². The number of rotatable bonds is 7. The van der Waals surface area contributed by atoms with Crippen LogP contribution >= 0.6 is 0 Å². The lowest BCUT2D eigenvalue weighted by atomic mass is 10.3. The first-order valence-corrected chi connectivity index (χ1v) is 5.37. The van der Waals surface area contributed by atoms with E-state index < -0.39 is 5.82 Å². The van der Waals surface area contributed by atoms with Crippen molar-refractivity contribution in [2.75, 3.05) is 26.9 Å². The zero-order chi connectivity index (χ0) is 12.5. The molecule has 0 saturated heterocycles. The van der Waals surface area contributed by atoms with Crippen molar-refractivity contribution in [3.05, 3.63) is 30.1 Å². The molecule has 4 nitrogen and oxygen atoms in total. The van der Waals surface area contributed by atoms with E-state index in [0.29, 0.717) is 13.2 Å². The number of benzene rings is 1. The van der Waals surface area contributed by atoms with Crippen LogP contribution in [0.1, 0.15) is 6.42 Å². The van der Waals surface area contributed by atoms with Crippen molar-refractivity contribution in [3.8, 4) is 5.75 Å². The van der Waals surface area contributed by atoms with E-state index in [0.717, 1.165) is 6.42 Å². The van der Waals surface area contributed by atoms with Gasteiger partial charge in [0.2, 0.25) is 0 Å². The molecule has 0 radical (unpaired) electrons. The highest BCUT2D eigenvalue weighted by molar-refractivity contribution is 5.77. The molecule has 1 N–H and O–H groups in total. The molecular weight excluding hydrogens is 225 g/mol. The Morgan fingerprint density at radius 2 is 2.18 bits per heavy atom. The Labute approximate surface area is 99.7 Å². The molecule has 0 spiro atoms. The zero-order valence-electron chi connectivity index (χ0n) is 9.74. The molecule has 0 bridgehead atoms. The van der Waals surface area contributed by atoms with E-state index in [2.05, 4.69) is 5.32 Å². The van der Waals surface area contributed by atoms with Gasteiger partial charge in [-0.3, -0.25) is 4.79 Å². The summed E-state index contributed by atoms with van der Waals surface area (Å²) >= 11 is 0. The number of nitrogens with one attached hydrogen (secondary N) is 1. The van der Waals surface area contributed by atoms with Gasteiger partial charge in [0.1, 0.15) is 0 Å². The second kappa shape index (κ2) is 7.62. The molecule has 0 aliphatic heterocycles. The predicted molar refractivity (Wildman–Crippen MR) is 61.4 cm³/mol. The first kappa shape index (κ1) is 13.4. The predicted octanol–water partition coefficient (Wildman–Crippen LogP) is 1.36. The molecule has 0 aliphatic rings. The molecular formula is C12H16FNO3. The minimum Gasteiger partial charge on any atom is -0.481 e. The summed E-state index contributed by atoms with van der Waals surface area (Å²) < 4.78 is 23.0. The van der Waals surface area contributed by atoms with Crippen molar-refractivity contribution in [1.29, 1.82) is 0 Å². The summed E-state index contributed by atoms with van der Waals surface area (Å²) in [5.74, 6) is -0.663. The summed E-state index contributed by atoms with van der Waals surface area (Å²) in [6, 6.07) is 5.97. The molecule has 0 aliphatic carbocycles. The van der Waals surface area contributed by atoms with Crippen molar-refractivity contribution >= 4 is 5.91 Å². The van der Waals surface area contributed by atoms with E-state index in [1.54, 1.807) is 19.2 Å². The van der Waals surface area contributed by atoms with Gasteiger partial charge in [0.25, 0.3) is 5.91 Å². The highest BCUT2D eigenvalue weighted by Gasteiger charge is 2.05. The van der Waals surface area contributed by atoms with Crippen LogP contribution in [-0.2, 0) is 9.53 Å². The van der Waals surface area contributed by atoms with Crippen molar-refractivity contribution in [2.45, 2.75) is 6.42 Å². The Hall–Kier alpha value is -1.62. The molecule has 1 aromatic rings. The maximum Gasteiger partial charge on any atom is 0.257 e. The third-order valence-corrected chi connectivity index (χ3v) is 2.04. The largest absolute Gasteiger partial charge is 0.481 e. The highest BCUT2D eigenvalue weighted by atomic mass is 19.1. The summed E-state index contributed by atoms with van der Waals surface area (Å²) in [6.45, 7) is 0.926. The number of carbonyl (C=O) groups excluding carboxylic acids is 1. The molecule has 1 aromatic carbocycles. The van der Waals surface area contributed by atoms with Crippen LogP contribution in [0.2, 0.25) is 0 Å². The minimum absolute atomic E-state index is 0.0829.